The van der Waals surface area contributed by atoms with E-state index in [-0.39, 0.29) is 18.2 Å². The van der Waals surface area contributed by atoms with E-state index >= 15 is 0 Å². The zero-order valence-corrected chi connectivity index (χ0v) is 15.2. The first-order valence-corrected chi connectivity index (χ1v) is 8.95. The Kier molecular flexibility index (Phi) is 3.24. The first-order chi connectivity index (χ1) is 13.0. The number of benzene rings is 2. The fourth-order valence-corrected chi connectivity index (χ4v) is 4.44. The molecular weight excluding hydrogens is 364 g/mol. The number of halogens is 1. The SMILES string of the molecule is Cc1ccccc1-n1ncc2c1NC(=O)C[C@@]21C(=O)Nc2cccc(Cl)c21. The van der Waals surface area contributed by atoms with Crippen molar-refractivity contribution < 1.29 is 9.59 Å². The minimum atomic E-state index is -1.17. The average molecular weight is 379 g/mol. The van der Waals surface area contributed by atoms with Gasteiger partial charge in [-0.3, -0.25) is 9.59 Å². The van der Waals surface area contributed by atoms with E-state index < -0.39 is 5.41 Å². The first-order valence-electron chi connectivity index (χ1n) is 8.57. The molecule has 0 radical (unpaired) electrons. The molecule has 27 heavy (non-hydrogen) atoms. The molecule has 0 unspecified atom stereocenters. The van der Waals surface area contributed by atoms with Crippen molar-refractivity contribution in [3.05, 3.63) is 70.4 Å². The minimum Gasteiger partial charge on any atom is -0.325 e. The third-order valence-electron chi connectivity index (χ3n) is 5.33. The highest BCUT2D eigenvalue weighted by atomic mass is 35.5. The molecule has 7 heteroatoms. The van der Waals surface area contributed by atoms with Crippen molar-refractivity contribution in [3.8, 4) is 5.69 Å². The Morgan fingerprint density at radius 2 is 1.93 bits per heavy atom. The van der Waals surface area contributed by atoms with Crippen LogP contribution in [-0.4, -0.2) is 21.6 Å². The summed E-state index contributed by atoms with van der Waals surface area (Å²) >= 11 is 6.47. The van der Waals surface area contributed by atoms with E-state index in [1.807, 2.05) is 31.2 Å². The number of aromatic nitrogens is 2. The van der Waals surface area contributed by atoms with Crippen LogP contribution in [0.1, 0.15) is 23.1 Å². The summed E-state index contributed by atoms with van der Waals surface area (Å²) in [6, 6.07) is 13.1. The normalized spacial score (nSPS) is 20.2. The monoisotopic (exact) mass is 378 g/mol. The van der Waals surface area contributed by atoms with Gasteiger partial charge in [0.2, 0.25) is 11.8 Å². The summed E-state index contributed by atoms with van der Waals surface area (Å²) in [6.45, 7) is 1.97. The Bertz CT molecular complexity index is 1140. The predicted molar refractivity (Wildman–Crippen MR) is 102 cm³/mol. The highest BCUT2D eigenvalue weighted by molar-refractivity contribution is 6.33. The molecule has 2 amide bonds. The highest BCUT2D eigenvalue weighted by Gasteiger charge is 2.55. The van der Waals surface area contributed by atoms with Gasteiger partial charge in [0.1, 0.15) is 11.2 Å². The molecule has 2 N–H and O–H groups in total. The number of fused-ring (bicyclic) bond motifs is 4. The van der Waals surface area contributed by atoms with Crippen LogP contribution in [0.3, 0.4) is 0 Å². The number of carbonyl (C=O) groups excluding carboxylic acids is 2. The summed E-state index contributed by atoms with van der Waals surface area (Å²) in [5, 5.41) is 10.7. The van der Waals surface area contributed by atoms with Crippen molar-refractivity contribution in [2.75, 3.05) is 10.6 Å². The van der Waals surface area contributed by atoms with Crippen LogP contribution >= 0.6 is 11.6 Å². The Balaban J connectivity index is 1.81. The molecule has 2 aromatic carbocycles. The van der Waals surface area contributed by atoms with Gasteiger partial charge in [-0.15, -0.1) is 0 Å². The summed E-state index contributed by atoms with van der Waals surface area (Å²) in [5.74, 6) is -0.00439. The number of nitrogens with zero attached hydrogens (tertiary/aromatic N) is 2. The van der Waals surface area contributed by atoms with Gasteiger partial charge < -0.3 is 10.6 Å². The van der Waals surface area contributed by atoms with E-state index in [2.05, 4.69) is 15.7 Å². The van der Waals surface area contributed by atoms with E-state index in [4.69, 9.17) is 11.6 Å². The zero-order chi connectivity index (χ0) is 18.8. The van der Waals surface area contributed by atoms with Gasteiger partial charge in [-0.25, -0.2) is 4.68 Å². The maximum atomic E-state index is 13.1. The van der Waals surface area contributed by atoms with Crippen molar-refractivity contribution in [2.24, 2.45) is 0 Å². The number of rotatable bonds is 1. The summed E-state index contributed by atoms with van der Waals surface area (Å²) in [7, 11) is 0. The number of amides is 2. The summed E-state index contributed by atoms with van der Waals surface area (Å²) in [6.07, 6.45) is 1.64. The Morgan fingerprint density at radius 1 is 1.11 bits per heavy atom. The molecule has 0 fully saturated rings. The lowest BCUT2D eigenvalue weighted by Gasteiger charge is -2.32. The lowest BCUT2D eigenvalue weighted by atomic mass is 9.72. The maximum absolute atomic E-state index is 13.1. The van der Waals surface area contributed by atoms with Crippen LogP contribution in [0.4, 0.5) is 11.5 Å². The summed E-state index contributed by atoms with van der Waals surface area (Å²) in [5.41, 5.74) is 2.59. The maximum Gasteiger partial charge on any atom is 0.240 e. The molecule has 3 heterocycles. The fraction of sp³-hybridized carbons (Fsp3) is 0.150. The molecule has 2 aliphatic heterocycles. The molecule has 134 valence electrons. The van der Waals surface area contributed by atoms with Gasteiger partial charge in [0.15, 0.2) is 0 Å². The lowest BCUT2D eigenvalue weighted by molar-refractivity contribution is -0.125. The minimum absolute atomic E-state index is 0.0119. The topological polar surface area (TPSA) is 76.0 Å². The standard InChI is InChI=1S/C20H15ClN4O2/c1-11-5-2-3-8-15(11)25-18-12(10-22-25)20(9-16(26)24-18)17-13(21)6-4-7-14(17)23-19(20)27/h2-8,10H,9H2,1H3,(H,23,27)(H,24,26)/t20-/m1/s1. The van der Waals surface area contributed by atoms with Crippen molar-refractivity contribution in [2.45, 2.75) is 18.8 Å². The van der Waals surface area contributed by atoms with E-state index in [9.17, 15) is 9.59 Å². The smallest absolute Gasteiger partial charge is 0.240 e. The molecule has 3 aromatic rings. The summed E-state index contributed by atoms with van der Waals surface area (Å²) in [4.78, 5) is 25.7. The molecular formula is C20H15ClN4O2. The quantitative estimate of drug-likeness (QED) is 0.681. The van der Waals surface area contributed by atoms with E-state index in [1.165, 1.54) is 0 Å². The van der Waals surface area contributed by atoms with Crippen LogP contribution < -0.4 is 10.6 Å². The molecule has 1 spiro atoms. The molecule has 1 atom stereocenters. The average Bonchev–Trinajstić information content (AvgIpc) is 3.16. The number of hydrogen-bond acceptors (Lipinski definition) is 3. The fourth-order valence-electron chi connectivity index (χ4n) is 4.11. The third kappa shape index (κ3) is 2.04. The molecule has 0 aliphatic carbocycles. The molecule has 6 nitrogen and oxygen atoms in total. The lowest BCUT2D eigenvalue weighted by Crippen LogP contribution is -2.43. The van der Waals surface area contributed by atoms with Gasteiger partial charge in [0.25, 0.3) is 0 Å². The van der Waals surface area contributed by atoms with Crippen LogP contribution in [0.5, 0.6) is 0 Å². The zero-order valence-electron chi connectivity index (χ0n) is 14.4. The molecule has 0 saturated carbocycles. The number of aryl methyl sites for hydroxylation is 1. The second-order valence-electron chi connectivity index (χ2n) is 6.85. The van der Waals surface area contributed by atoms with Crippen LogP contribution in [0, 0.1) is 6.92 Å². The van der Waals surface area contributed by atoms with Gasteiger partial charge in [0, 0.05) is 28.3 Å². The Morgan fingerprint density at radius 3 is 2.74 bits per heavy atom. The van der Waals surface area contributed by atoms with Crippen LogP contribution in [0.15, 0.2) is 48.7 Å². The van der Waals surface area contributed by atoms with Gasteiger partial charge in [-0.1, -0.05) is 35.9 Å². The Labute approximate surface area is 160 Å². The number of para-hydroxylation sites is 1. The van der Waals surface area contributed by atoms with Crippen molar-refractivity contribution in [1.29, 1.82) is 0 Å². The molecule has 2 aliphatic rings. The van der Waals surface area contributed by atoms with Gasteiger partial charge >= 0.3 is 0 Å². The molecule has 1 aromatic heterocycles. The Hall–Kier alpha value is -3.12. The van der Waals surface area contributed by atoms with E-state index in [0.717, 1.165) is 11.3 Å². The number of nitrogens with one attached hydrogen (secondary N) is 2. The third-order valence-corrected chi connectivity index (χ3v) is 5.65. The first kappa shape index (κ1) is 16.1. The van der Waals surface area contributed by atoms with Crippen molar-refractivity contribution in [1.82, 2.24) is 9.78 Å². The van der Waals surface area contributed by atoms with Crippen molar-refractivity contribution >= 4 is 34.9 Å². The van der Waals surface area contributed by atoms with Crippen LogP contribution in [0.25, 0.3) is 5.69 Å². The number of anilines is 2. The van der Waals surface area contributed by atoms with Crippen molar-refractivity contribution in [3.63, 3.8) is 0 Å². The highest BCUT2D eigenvalue weighted by Crippen LogP contribution is 2.52. The second kappa shape index (κ2) is 5.44. The summed E-state index contributed by atoms with van der Waals surface area (Å²) < 4.78 is 1.67. The molecule has 0 bridgehead atoms. The number of carbonyl (C=O) groups is 2. The van der Waals surface area contributed by atoms with Crippen LogP contribution in [0.2, 0.25) is 5.02 Å². The molecule has 0 saturated heterocycles. The second-order valence-corrected chi connectivity index (χ2v) is 7.26. The van der Waals surface area contributed by atoms with E-state index in [0.29, 0.717) is 27.7 Å². The largest absolute Gasteiger partial charge is 0.325 e. The van der Waals surface area contributed by atoms with Gasteiger partial charge in [-0.2, -0.15) is 5.10 Å². The van der Waals surface area contributed by atoms with Gasteiger partial charge in [-0.05, 0) is 30.7 Å². The molecule has 5 rings (SSSR count). The van der Waals surface area contributed by atoms with Crippen LogP contribution in [-0.2, 0) is 15.0 Å². The van der Waals surface area contributed by atoms with E-state index in [1.54, 1.807) is 29.1 Å². The number of hydrogen-bond donors (Lipinski definition) is 2. The van der Waals surface area contributed by atoms with Gasteiger partial charge in [0.05, 0.1) is 11.9 Å². The predicted octanol–water partition coefficient (Wildman–Crippen LogP) is 3.41.